The fourth-order valence-corrected chi connectivity index (χ4v) is 6.53. The van der Waals surface area contributed by atoms with Crippen LogP contribution in [0.5, 0.6) is 0 Å². The normalized spacial score (nSPS) is 14.6. The SMILES string of the molecule is CCCNC(=O)[C@H](CC)N(Cc1ccccc1)C(=O)CCCN1c2cccc3cccc(c23)S1(=O)=O. The van der Waals surface area contributed by atoms with Gasteiger partial charge in [-0.25, -0.2) is 8.42 Å². The Kier molecular flexibility index (Phi) is 7.94. The molecule has 1 atom stereocenters. The van der Waals surface area contributed by atoms with Crippen molar-refractivity contribution in [3.8, 4) is 0 Å². The molecule has 3 aromatic carbocycles. The number of rotatable bonds is 11. The van der Waals surface area contributed by atoms with Gasteiger partial charge in [-0.15, -0.1) is 0 Å². The Bertz CT molecular complexity index is 1340. The van der Waals surface area contributed by atoms with Crippen LogP contribution in [0.3, 0.4) is 0 Å². The maximum Gasteiger partial charge on any atom is 0.265 e. The lowest BCUT2D eigenvalue weighted by Gasteiger charge is -2.31. The third kappa shape index (κ3) is 5.09. The van der Waals surface area contributed by atoms with Crippen LogP contribution in [-0.4, -0.2) is 44.3 Å². The molecule has 190 valence electrons. The van der Waals surface area contributed by atoms with Gasteiger partial charge in [-0.3, -0.25) is 13.9 Å². The first-order valence-electron chi connectivity index (χ1n) is 12.5. The molecule has 1 heterocycles. The Hall–Kier alpha value is -3.39. The topological polar surface area (TPSA) is 86.8 Å². The number of anilines is 1. The highest BCUT2D eigenvalue weighted by molar-refractivity contribution is 7.93. The summed E-state index contributed by atoms with van der Waals surface area (Å²) in [6, 6.07) is 19.9. The molecule has 2 amide bonds. The first-order chi connectivity index (χ1) is 17.4. The van der Waals surface area contributed by atoms with Gasteiger partial charge in [0.25, 0.3) is 10.0 Å². The molecule has 0 saturated carbocycles. The van der Waals surface area contributed by atoms with Crippen LogP contribution in [0.1, 0.15) is 45.1 Å². The van der Waals surface area contributed by atoms with Gasteiger partial charge in [0.2, 0.25) is 11.8 Å². The summed E-state index contributed by atoms with van der Waals surface area (Å²) in [5.74, 6) is -0.322. The lowest BCUT2D eigenvalue weighted by Crippen LogP contribution is -2.49. The Morgan fingerprint density at radius 2 is 1.69 bits per heavy atom. The summed E-state index contributed by atoms with van der Waals surface area (Å²) in [7, 11) is -3.67. The fraction of sp³-hybridized carbons (Fsp3) is 0.357. The van der Waals surface area contributed by atoms with Crippen LogP contribution >= 0.6 is 0 Å². The molecule has 36 heavy (non-hydrogen) atoms. The van der Waals surface area contributed by atoms with Crippen molar-refractivity contribution in [3.05, 3.63) is 72.3 Å². The van der Waals surface area contributed by atoms with Crippen LogP contribution in [0.25, 0.3) is 10.8 Å². The van der Waals surface area contributed by atoms with Gasteiger partial charge in [-0.05, 0) is 42.3 Å². The summed E-state index contributed by atoms with van der Waals surface area (Å²) in [6.07, 6.45) is 1.80. The molecular weight excluding hydrogens is 474 g/mol. The van der Waals surface area contributed by atoms with Crippen molar-refractivity contribution in [2.75, 3.05) is 17.4 Å². The number of carbonyl (C=O) groups excluding carboxylic acids is 2. The second kappa shape index (κ2) is 11.1. The number of hydrogen-bond donors (Lipinski definition) is 1. The minimum Gasteiger partial charge on any atom is -0.354 e. The van der Waals surface area contributed by atoms with E-state index in [1.54, 1.807) is 17.0 Å². The van der Waals surface area contributed by atoms with E-state index in [1.165, 1.54) is 4.31 Å². The first kappa shape index (κ1) is 25.7. The summed E-state index contributed by atoms with van der Waals surface area (Å²) in [4.78, 5) is 28.3. The van der Waals surface area contributed by atoms with E-state index in [-0.39, 0.29) is 24.8 Å². The highest BCUT2D eigenvalue weighted by Gasteiger charge is 2.35. The molecule has 0 bridgehead atoms. The zero-order valence-corrected chi connectivity index (χ0v) is 21.6. The van der Waals surface area contributed by atoms with Crippen molar-refractivity contribution < 1.29 is 18.0 Å². The summed E-state index contributed by atoms with van der Waals surface area (Å²) >= 11 is 0. The predicted octanol–water partition coefficient (Wildman–Crippen LogP) is 4.46. The zero-order chi connectivity index (χ0) is 25.7. The van der Waals surface area contributed by atoms with Gasteiger partial charge >= 0.3 is 0 Å². The predicted molar refractivity (Wildman–Crippen MR) is 142 cm³/mol. The molecule has 1 aliphatic heterocycles. The summed E-state index contributed by atoms with van der Waals surface area (Å²) in [6.45, 7) is 4.96. The maximum atomic E-state index is 13.4. The second-order valence-corrected chi connectivity index (χ2v) is 10.9. The van der Waals surface area contributed by atoms with Crippen LogP contribution in [0.15, 0.2) is 71.6 Å². The van der Waals surface area contributed by atoms with Gasteiger partial charge in [-0.1, -0.05) is 68.4 Å². The molecule has 1 aliphatic rings. The lowest BCUT2D eigenvalue weighted by atomic mass is 10.1. The largest absolute Gasteiger partial charge is 0.354 e. The number of hydrogen-bond acceptors (Lipinski definition) is 4. The third-order valence-corrected chi connectivity index (χ3v) is 8.42. The van der Waals surface area contributed by atoms with E-state index in [4.69, 9.17) is 0 Å². The van der Waals surface area contributed by atoms with Gasteiger partial charge in [-0.2, -0.15) is 0 Å². The zero-order valence-electron chi connectivity index (χ0n) is 20.8. The summed E-state index contributed by atoms with van der Waals surface area (Å²) in [5, 5.41) is 4.53. The molecule has 3 aromatic rings. The van der Waals surface area contributed by atoms with E-state index in [2.05, 4.69) is 5.32 Å². The summed E-state index contributed by atoms with van der Waals surface area (Å²) in [5.41, 5.74) is 1.60. The number of nitrogens with one attached hydrogen (secondary N) is 1. The van der Waals surface area contributed by atoms with Crippen LogP contribution < -0.4 is 9.62 Å². The average Bonchev–Trinajstić information content (AvgIpc) is 3.11. The molecule has 0 radical (unpaired) electrons. The maximum absolute atomic E-state index is 13.4. The standard InChI is InChI=1S/C28H33N3O4S/c1-3-18-29-28(33)23(4-2)30(20-21-11-6-5-7-12-21)26(32)17-10-19-31-24-15-8-13-22-14-9-16-25(27(22)24)36(31,34)35/h5-9,11-16,23H,3-4,10,17-20H2,1-2H3,(H,29,33)/t23-/m0/s1. The van der Waals surface area contributed by atoms with Crippen LogP contribution in [0.4, 0.5) is 5.69 Å². The van der Waals surface area contributed by atoms with E-state index < -0.39 is 16.1 Å². The molecule has 0 aromatic heterocycles. The monoisotopic (exact) mass is 507 g/mol. The highest BCUT2D eigenvalue weighted by atomic mass is 32.2. The molecule has 0 spiro atoms. The lowest BCUT2D eigenvalue weighted by molar-refractivity contribution is -0.141. The van der Waals surface area contributed by atoms with E-state index >= 15 is 0 Å². The smallest absolute Gasteiger partial charge is 0.265 e. The Morgan fingerprint density at radius 3 is 2.39 bits per heavy atom. The first-order valence-corrected chi connectivity index (χ1v) is 14.0. The Labute approximate surface area is 213 Å². The Morgan fingerprint density at radius 1 is 0.972 bits per heavy atom. The minimum absolute atomic E-state index is 0.142. The molecule has 0 fully saturated rings. The van der Waals surface area contributed by atoms with Crippen LogP contribution in [-0.2, 0) is 26.2 Å². The molecule has 1 N–H and O–H groups in total. The van der Waals surface area contributed by atoms with E-state index in [0.717, 1.165) is 22.8 Å². The Balaban J connectivity index is 1.50. The number of carbonyl (C=O) groups is 2. The van der Waals surface area contributed by atoms with Crippen molar-refractivity contribution in [3.63, 3.8) is 0 Å². The quantitative estimate of drug-likeness (QED) is 0.415. The fourth-order valence-electron chi connectivity index (χ4n) is 4.78. The third-order valence-electron chi connectivity index (χ3n) is 6.56. The molecule has 4 rings (SSSR count). The number of amides is 2. The molecule has 7 nitrogen and oxygen atoms in total. The summed E-state index contributed by atoms with van der Waals surface area (Å²) < 4.78 is 27.9. The van der Waals surface area contributed by atoms with E-state index in [9.17, 15) is 18.0 Å². The van der Waals surface area contributed by atoms with Crippen molar-refractivity contribution in [2.45, 2.75) is 57.0 Å². The van der Waals surface area contributed by atoms with Gasteiger partial charge in [0, 0.05) is 31.4 Å². The van der Waals surface area contributed by atoms with Gasteiger partial charge in [0.15, 0.2) is 0 Å². The van der Waals surface area contributed by atoms with Crippen molar-refractivity contribution in [1.29, 1.82) is 0 Å². The van der Waals surface area contributed by atoms with Gasteiger partial charge in [0.05, 0.1) is 10.6 Å². The number of benzene rings is 3. The average molecular weight is 508 g/mol. The minimum atomic E-state index is -3.67. The van der Waals surface area contributed by atoms with Crippen molar-refractivity contribution in [2.24, 2.45) is 0 Å². The molecule has 8 heteroatoms. The number of sulfonamides is 1. The molecular formula is C28H33N3O4S. The molecule has 0 saturated heterocycles. The highest BCUT2D eigenvalue weighted by Crippen LogP contribution is 2.42. The van der Waals surface area contributed by atoms with Gasteiger partial charge < -0.3 is 10.2 Å². The number of nitrogens with zero attached hydrogens (tertiary/aromatic N) is 2. The molecule has 0 unspecified atom stereocenters. The van der Waals surface area contributed by atoms with Crippen molar-refractivity contribution in [1.82, 2.24) is 10.2 Å². The van der Waals surface area contributed by atoms with E-state index in [1.807, 2.05) is 68.4 Å². The molecule has 0 aliphatic carbocycles. The van der Waals surface area contributed by atoms with Crippen molar-refractivity contribution >= 4 is 38.3 Å². The van der Waals surface area contributed by atoms with Gasteiger partial charge in [0.1, 0.15) is 6.04 Å². The van der Waals surface area contributed by atoms with Crippen LogP contribution in [0.2, 0.25) is 0 Å². The van der Waals surface area contributed by atoms with E-state index in [0.29, 0.717) is 36.5 Å². The second-order valence-electron chi connectivity index (χ2n) is 9.03. The van der Waals surface area contributed by atoms with Crippen LogP contribution in [0, 0.1) is 0 Å².